The number of aryl methyl sites for hydroxylation is 1. The van der Waals surface area contributed by atoms with Gasteiger partial charge in [-0.25, -0.2) is 0 Å². The molecule has 2 atom stereocenters. The number of carbonyl (C=O) groups excluding carboxylic acids is 1. The number of hydrogen-bond donors (Lipinski definition) is 1. The second-order valence-electron chi connectivity index (χ2n) is 7.86. The molecule has 7 heteroatoms. The summed E-state index contributed by atoms with van der Waals surface area (Å²) in [5.41, 5.74) is 5.04. The number of rotatable bonds is 5. The number of fused-ring (bicyclic) bond motifs is 1. The molecule has 0 bridgehead atoms. The maximum atomic E-state index is 12.9. The van der Waals surface area contributed by atoms with Crippen molar-refractivity contribution < 1.29 is 14.3 Å². The van der Waals surface area contributed by atoms with Crippen LogP contribution in [0.5, 0.6) is 0 Å². The summed E-state index contributed by atoms with van der Waals surface area (Å²) in [6, 6.07) is 8.42. The van der Waals surface area contributed by atoms with Crippen LogP contribution in [0.25, 0.3) is 0 Å². The average molecular weight is 399 g/mol. The van der Waals surface area contributed by atoms with Gasteiger partial charge in [-0.05, 0) is 31.9 Å². The first kappa shape index (κ1) is 19.9. The minimum absolute atomic E-state index is 0.0635. The summed E-state index contributed by atoms with van der Waals surface area (Å²) in [6.07, 6.45) is 1.52. The molecule has 2 aromatic rings. The molecule has 1 fully saturated rings. The summed E-state index contributed by atoms with van der Waals surface area (Å²) in [4.78, 5) is 15.3. The highest BCUT2D eigenvalue weighted by Crippen LogP contribution is 2.31. The number of hydrogen-bond acceptors (Lipinski definition) is 5. The minimum atomic E-state index is -0.0816. The van der Waals surface area contributed by atoms with Gasteiger partial charge in [-0.1, -0.05) is 18.2 Å². The molecule has 1 amide bonds. The number of morpholine rings is 1. The van der Waals surface area contributed by atoms with Crippen LogP contribution in [-0.2, 0) is 29.4 Å². The van der Waals surface area contributed by atoms with E-state index < -0.39 is 0 Å². The highest BCUT2D eigenvalue weighted by Gasteiger charge is 2.31. The zero-order chi connectivity index (χ0) is 20.4. The molecule has 1 aromatic heterocycles. The van der Waals surface area contributed by atoms with E-state index in [-0.39, 0.29) is 18.1 Å². The summed E-state index contributed by atoms with van der Waals surface area (Å²) in [5, 5.41) is 7.64. The number of benzene rings is 1. The second kappa shape index (κ2) is 8.55. The maximum Gasteiger partial charge on any atom is 0.269 e. The van der Waals surface area contributed by atoms with Crippen molar-refractivity contribution in [3.63, 3.8) is 0 Å². The molecule has 2 aliphatic rings. The lowest BCUT2D eigenvalue weighted by molar-refractivity contribution is -0.00709. The Labute approximate surface area is 172 Å². The van der Waals surface area contributed by atoms with Gasteiger partial charge < -0.3 is 19.7 Å². The highest BCUT2D eigenvalue weighted by atomic mass is 16.5. The van der Waals surface area contributed by atoms with E-state index in [4.69, 9.17) is 9.47 Å². The Morgan fingerprint density at radius 1 is 1.24 bits per heavy atom. The number of ether oxygens (including phenoxy) is 2. The molecule has 29 heavy (non-hydrogen) atoms. The average Bonchev–Trinajstić information content (AvgIpc) is 3.05. The molecule has 0 spiro atoms. The van der Waals surface area contributed by atoms with Gasteiger partial charge in [0.2, 0.25) is 0 Å². The lowest BCUT2D eigenvalue weighted by atomic mass is 9.99. The first-order valence-electron chi connectivity index (χ1n) is 10.4. The van der Waals surface area contributed by atoms with Crippen LogP contribution in [0.2, 0.25) is 0 Å². The zero-order valence-corrected chi connectivity index (χ0v) is 17.5. The van der Waals surface area contributed by atoms with Crippen LogP contribution in [-0.4, -0.2) is 54.6 Å². The number of amides is 1. The van der Waals surface area contributed by atoms with Gasteiger partial charge in [-0.2, -0.15) is 5.10 Å². The van der Waals surface area contributed by atoms with Crippen molar-refractivity contribution in [3.8, 4) is 0 Å². The van der Waals surface area contributed by atoms with E-state index in [1.165, 1.54) is 11.3 Å². The van der Waals surface area contributed by atoms with Crippen molar-refractivity contribution in [2.45, 2.75) is 38.9 Å². The van der Waals surface area contributed by atoms with Gasteiger partial charge in [0.15, 0.2) is 0 Å². The first-order valence-corrected chi connectivity index (χ1v) is 10.4. The van der Waals surface area contributed by atoms with Gasteiger partial charge in [0.25, 0.3) is 5.91 Å². The molecule has 1 N–H and O–H groups in total. The van der Waals surface area contributed by atoms with E-state index >= 15 is 0 Å². The Hall–Kier alpha value is -2.38. The summed E-state index contributed by atoms with van der Waals surface area (Å²) >= 11 is 0. The number of anilines is 1. The first-order chi connectivity index (χ1) is 14.0. The third-order valence-corrected chi connectivity index (χ3v) is 5.73. The Balaban J connectivity index is 1.43. The van der Waals surface area contributed by atoms with Crippen molar-refractivity contribution in [2.24, 2.45) is 7.05 Å². The molecule has 0 unspecified atom stereocenters. The monoisotopic (exact) mass is 398 g/mol. The third-order valence-electron chi connectivity index (χ3n) is 5.73. The quantitative estimate of drug-likeness (QED) is 0.837. The molecule has 0 saturated carbocycles. The number of nitrogens with zero attached hydrogens (tertiary/aromatic N) is 3. The number of nitrogens with one attached hydrogen (secondary N) is 1. The van der Waals surface area contributed by atoms with Crippen LogP contribution >= 0.6 is 0 Å². The molecule has 1 aromatic carbocycles. The van der Waals surface area contributed by atoms with Gasteiger partial charge in [0.05, 0.1) is 31.1 Å². The van der Waals surface area contributed by atoms with Gasteiger partial charge in [-0.3, -0.25) is 9.48 Å². The molecule has 0 radical (unpaired) electrons. The van der Waals surface area contributed by atoms with Gasteiger partial charge in [0.1, 0.15) is 5.69 Å². The fourth-order valence-corrected chi connectivity index (χ4v) is 4.38. The normalized spacial score (nSPS) is 21.7. The molecular formula is C22H30N4O3. The summed E-state index contributed by atoms with van der Waals surface area (Å²) < 4.78 is 13.0. The fraction of sp³-hybridized carbons (Fsp3) is 0.545. The van der Waals surface area contributed by atoms with Gasteiger partial charge in [0, 0.05) is 44.4 Å². The van der Waals surface area contributed by atoms with Crippen molar-refractivity contribution >= 4 is 11.6 Å². The van der Waals surface area contributed by atoms with E-state index in [9.17, 15) is 4.79 Å². The Bertz CT molecular complexity index is 873. The topological polar surface area (TPSA) is 68.6 Å². The molecule has 4 rings (SSSR count). The van der Waals surface area contributed by atoms with Crippen molar-refractivity contribution in [2.75, 3.05) is 37.7 Å². The standard InChI is InChI=1S/C22H30N4O3/c1-15-14-18-20(16(2)29-15)24-25(3)21(18)22(27)23-9-8-17-6-4-5-7-19(17)26-10-12-28-13-11-26/h4-7,15-16H,8-14H2,1-3H3,(H,23,27)/t15-,16+/m1/s1. The highest BCUT2D eigenvalue weighted by molar-refractivity contribution is 5.94. The number of para-hydroxylation sites is 1. The predicted molar refractivity (Wildman–Crippen MR) is 111 cm³/mol. The van der Waals surface area contributed by atoms with E-state index in [1.807, 2.05) is 20.9 Å². The Morgan fingerprint density at radius 3 is 2.79 bits per heavy atom. The molecule has 7 nitrogen and oxygen atoms in total. The summed E-state index contributed by atoms with van der Waals surface area (Å²) in [7, 11) is 1.83. The van der Waals surface area contributed by atoms with Crippen molar-refractivity contribution in [3.05, 3.63) is 46.8 Å². The number of aromatic nitrogens is 2. The van der Waals surface area contributed by atoms with Crippen LogP contribution in [0.1, 0.15) is 47.3 Å². The molecule has 3 heterocycles. The smallest absolute Gasteiger partial charge is 0.269 e. The van der Waals surface area contributed by atoms with Crippen molar-refractivity contribution in [1.29, 1.82) is 0 Å². The molecular weight excluding hydrogens is 368 g/mol. The fourth-order valence-electron chi connectivity index (χ4n) is 4.38. The summed E-state index contributed by atoms with van der Waals surface area (Å²) in [6.45, 7) is 7.95. The van der Waals surface area contributed by atoms with Gasteiger partial charge in [-0.15, -0.1) is 0 Å². The van der Waals surface area contributed by atoms with Crippen LogP contribution in [0.4, 0.5) is 5.69 Å². The predicted octanol–water partition coefficient (Wildman–Crippen LogP) is 2.25. The van der Waals surface area contributed by atoms with E-state index in [2.05, 4.69) is 39.6 Å². The van der Waals surface area contributed by atoms with E-state index in [0.717, 1.165) is 50.4 Å². The molecule has 0 aliphatic carbocycles. The SMILES string of the molecule is C[C@@H]1Cc2c(nn(C)c2C(=O)NCCc2ccccc2N2CCOCC2)[C@H](C)O1. The van der Waals surface area contributed by atoms with E-state index in [0.29, 0.717) is 12.2 Å². The van der Waals surface area contributed by atoms with E-state index in [1.54, 1.807) is 4.68 Å². The van der Waals surface area contributed by atoms with Crippen LogP contribution in [0, 0.1) is 0 Å². The van der Waals surface area contributed by atoms with Crippen molar-refractivity contribution in [1.82, 2.24) is 15.1 Å². The summed E-state index contributed by atoms with van der Waals surface area (Å²) in [5.74, 6) is -0.0635. The molecule has 2 aliphatic heterocycles. The molecule has 156 valence electrons. The van der Waals surface area contributed by atoms with Crippen LogP contribution < -0.4 is 10.2 Å². The molecule has 1 saturated heterocycles. The third kappa shape index (κ3) is 4.16. The minimum Gasteiger partial charge on any atom is -0.378 e. The van der Waals surface area contributed by atoms with Crippen LogP contribution in [0.3, 0.4) is 0 Å². The largest absolute Gasteiger partial charge is 0.378 e. The Kier molecular flexibility index (Phi) is 5.87. The Morgan fingerprint density at radius 2 is 2.00 bits per heavy atom. The maximum absolute atomic E-state index is 12.9. The lowest BCUT2D eigenvalue weighted by Gasteiger charge is -2.30. The lowest BCUT2D eigenvalue weighted by Crippen LogP contribution is -2.37. The second-order valence-corrected chi connectivity index (χ2v) is 7.86. The van der Waals surface area contributed by atoms with Crippen LogP contribution in [0.15, 0.2) is 24.3 Å². The number of carbonyl (C=O) groups is 1. The van der Waals surface area contributed by atoms with Gasteiger partial charge >= 0.3 is 0 Å². The zero-order valence-electron chi connectivity index (χ0n) is 17.5.